The van der Waals surface area contributed by atoms with Gasteiger partial charge in [-0.15, -0.1) is 0 Å². The van der Waals surface area contributed by atoms with Crippen molar-refractivity contribution in [2.75, 3.05) is 0 Å². The predicted octanol–water partition coefficient (Wildman–Crippen LogP) is 5.45. The topological polar surface area (TPSA) is 52.6 Å². The number of ether oxygens (including phenoxy) is 2. The number of carbonyl (C=O) groups is 2. The summed E-state index contributed by atoms with van der Waals surface area (Å²) in [5.74, 6) is 2.37. The third kappa shape index (κ3) is 3.08. The highest BCUT2D eigenvalue weighted by Gasteiger charge is 2.65. The van der Waals surface area contributed by atoms with Crippen LogP contribution in [0.5, 0.6) is 0 Å². The molecule has 0 amide bonds. The minimum Gasteiger partial charge on any atom is -0.463 e. The fourth-order valence-electron chi connectivity index (χ4n) is 8.40. The van der Waals surface area contributed by atoms with Crippen molar-refractivity contribution in [3.8, 4) is 0 Å². The first kappa shape index (κ1) is 20.9. The number of hydrogen-bond donors (Lipinski definition) is 0. The second kappa shape index (κ2) is 7.13. The molecule has 0 aliphatic heterocycles. The van der Waals surface area contributed by atoms with Crippen LogP contribution in [-0.2, 0) is 19.1 Å². The average molecular weight is 403 g/mol. The Morgan fingerprint density at radius 1 is 0.931 bits per heavy atom. The number of fused-ring (bicyclic) bond motifs is 5. The maximum atomic E-state index is 11.9. The van der Waals surface area contributed by atoms with Crippen LogP contribution in [0.15, 0.2) is 12.7 Å². The predicted molar refractivity (Wildman–Crippen MR) is 112 cm³/mol. The number of carbonyl (C=O) groups excluding carboxylic acids is 2. The summed E-state index contributed by atoms with van der Waals surface area (Å²) < 4.78 is 11.6. The Morgan fingerprint density at radius 3 is 2.31 bits per heavy atom. The van der Waals surface area contributed by atoms with E-state index in [1.54, 1.807) is 0 Å². The Bertz CT molecular complexity index is 701. The summed E-state index contributed by atoms with van der Waals surface area (Å²) in [6.07, 6.45) is 12.1. The standard InChI is InChI=1S/C25H38O4/c1-6-25(29-17(3)27)14-11-22-20-8-7-18-15-19(28-16(2)26)9-12-23(18,4)21(20)10-13-24(22,25)5/h6,18-22H,1,7-15H2,2-5H3/t18-,19+,20+,21-,22-,23-,24-,25-/m0/s1. The van der Waals surface area contributed by atoms with Gasteiger partial charge in [-0.05, 0) is 93.0 Å². The molecule has 4 aliphatic rings. The van der Waals surface area contributed by atoms with Crippen molar-refractivity contribution < 1.29 is 19.1 Å². The lowest BCUT2D eigenvalue weighted by atomic mass is 9.44. The Balaban J connectivity index is 1.56. The lowest BCUT2D eigenvalue weighted by Crippen LogP contribution is -2.57. The molecule has 0 spiro atoms. The van der Waals surface area contributed by atoms with Gasteiger partial charge in [0.05, 0.1) is 0 Å². The molecule has 0 aromatic rings. The first-order chi connectivity index (χ1) is 13.6. The van der Waals surface area contributed by atoms with Gasteiger partial charge < -0.3 is 9.47 Å². The summed E-state index contributed by atoms with van der Waals surface area (Å²) in [4.78, 5) is 23.3. The van der Waals surface area contributed by atoms with Gasteiger partial charge in [0, 0.05) is 19.3 Å². The van der Waals surface area contributed by atoms with Crippen LogP contribution in [0.4, 0.5) is 0 Å². The van der Waals surface area contributed by atoms with Crippen molar-refractivity contribution in [1.29, 1.82) is 0 Å². The van der Waals surface area contributed by atoms with Crippen LogP contribution in [0.3, 0.4) is 0 Å². The molecular weight excluding hydrogens is 364 g/mol. The van der Waals surface area contributed by atoms with E-state index in [2.05, 4.69) is 20.4 Å². The molecule has 0 aromatic carbocycles. The number of rotatable bonds is 3. The van der Waals surface area contributed by atoms with Gasteiger partial charge in [-0.2, -0.15) is 0 Å². The van der Waals surface area contributed by atoms with Crippen LogP contribution < -0.4 is 0 Å². The van der Waals surface area contributed by atoms with Crippen molar-refractivity contribution in [3.05, 3.63) is 12.7 Å². The average Bonchev–Trinajstić information content (AvgIpc) is 2.94. The smallest absolute Gasteiger partial charge is 0.303 e. The van der Waals surface area contributed by atoms with Gasteiger partial charge in [0.15, 0.2) is 0 Å². The fraction of sp³-hybridized carbons (Fsp3) is 0.840. The molecule has 4 saturated carbocycles. The zero-order chi connectivity index (χ0) is 21.0. The maximum absolute atomic E-state index is 11.9. The van der Waals surface area contributed by atoms with Gasteiger partial charge in [-0.3, -0.25) is 9.59 Å². The quantitative estimate of drug-likeness (QED) is 0.465. The van der Waals surface area contributed by atoms with Crippen molar-refractivity contribution in [3.63, 3.8) is 0 Å². The van der Waals surface area contributed by atoms with Crippen molar-refractivity contribution >= 4 is 11.9 Å². The molecule has 29 heavy (non-hydrogen) atoms. The van der Waals surface area contributed by atoms with Crippen LogP contribution in [0.25, 0.3) is 0 Å². The van der Waals surface area contributed by atoms with E-state index in [1.807, 2.05) is 6.08 Å². The number of hydrogen-bond acceptors (Lipinski definition) is 4. The summed E-state index contributed by atoms with van der Waals surface area (Å²) in [7, 11) is 0. The summed E-state index contributed by atoms with van der Waals surface area (Å²) in [5.41, 5.74) is -0.152. The van der Waals surface area contributed by atoms with Gasteiger partial charge in [0.1, 0.15) is 11.7 Å². The fourth-order valence-corrected chi connectivity index (χ4v) is 8.40. The highest BCUT2D eigenvalue weighted by molar-refractivity contribution is 5.67. The van der Waals surface area contributed by atoms with Gasteiger partial charge in [-0.1, -0.05) is 20.4 Å². The molecule has 4 aliphatic carbocycles. The molecule has 162 valence electrons. The first-order valence-electron chi connectivity index (χ1n) is 11.7. The Labute approximate surface area is 175 Å². The molecule has 0 heterocycles. The summed E-state index contributed by atoms with van der Waals surface area (Å²) in [6, 6.07) is 0. The summed E-state index contributed by atoms with van der Waals surface area (Å²) in [5, 5.41) is 0. The Hall–Kier alpha value is -1.32. The molecular formula is C25H38O4. The molecule has 0 bridgehead atoms. The second-order valence-corrected chi connectivity index (χ2v) is 10.8. The molecule has 4 rings (SSSR count). The number of esters is 2. The van der Waals surface area contributed by atoms with Crippen LogP contribution in [0.1, 0.15) is 85.5 Å². The molecule has 4 nitrogen and oxygen atoms in total. The summed E-state index contributed by atoms with van der Waals surface area (Å²) >= 11 is 0. The molecule has 0 unspecified atom stereocenters. The van der Waals surface area contributed by atoms with E-state index in [0.29, 0.717) is 23.2 Å². The third-order valence-electron chi connectivity index (χ3n) is 9.79. The largest absolute Gasteiger partial charge is 0.463 e. The van der Waals surface area contributed by atoms with E-state index in [-0.39, 0.29) is 23.5 Å². The minimum absolute atomic E-state index is 0.000271. The van der Waals surface area contributed by atoms with Gasteiger partial charge >= 0.3 is 11.9 Å². The molecule has 0 N–H and O–H groups in total. The highest BCUT2D eigenvalue weighted by atomic mass is 16.6. The van der Waals surface area contributed by atoms with E-state index < -0.39 is 5.60 Å². The summed E-state index contributed by atoms with van der Waals surface area (Å²) in [6.45, 7) is 12.0. The molecule has 0 aromatic heterocycles. The molecule has 4 fully saturated rings. The van der Waals surface area contributed by atoms with Gasteiger partial charge in [-0.25, -0.2) is 0 Å². The first-order valence-corrected chi connectivity index (χ1v) is 11.7. The van der Waals surface area contributed by atoms with Crippen molar-refractivity contribution in [1.82, 2.24) is 0 Å². The molecule has 4 heteroatoms. The zero-order valence-corrected chi connectivity index (χ0v) is 18.7. The van der Waals surface area contributed by atoms with Gasteiger partial charge in [0.25, 0.3) is 0 Å². The van der Waals surface area contributed by atoms with Crippen LogP contribution >= 0.6 is 0 Å². The molecule has 8 atom stereocenters. The van der Waals surface area contributed by atoms with E-state index in [9.17, 15) is 9.59 Å². The molecule has 0 radical (unpaired) electrons. The van der Waals surface area contributed by atoms with Crippen LogP contribution in [0, 0.1) is 34.5 Å². The van der Waals surface area contributed by atoms with Crippen molar-refractivity contribution in [2.24, 2.45) is 34.5 Å². The maximum Gasteiger partial charge on any atom is 0.303 e. The zero-order valence-electron chi connectivity index (χ0n) is 18.7. The normalized spacial score (nSPS) is 48.6. The van der Waals surface area contributed by atoms with Crippen LogP contribution in [-0.4, -0.2) is 23.6 Å². The Morgan fingerprint density at radius 2 is 1.66 bits per heavy atom. The van der Waals surface area contributed by atoms with Crippen LogP contribution in [0.2, 0.25) is 0 Å². The van der Waals surface area contributed by atoms with Gasteiger partial charge in [0.2, 0.25) is 0 Å². The monoisotopic (exact) mass is 402 g/mol. The van der Waals surface area contributed by atoms with E-state index >= 15 is 0 Å². The lowest BCUT2D eigenvalue weighted by Gasteiger charge is -2.61. The van der Waals surface area contributed by atoms with Crippen molar-refractivity contribution in [2.45, 2.75) is 97.2 Å². The van der Waals surface area contributed by atoms with E-state index in [1.165, 1.54) is 33.1 Å². The van der Waals surface area contributed by atoms with E-state index in [0.717, 1.165) is 44.4 Å². The Kier molecular flexibility index (Phi) is 5.15. The van der Waals surface area contributed by atoms with E-state index in [4.69, 9.17) is 9.47 Å². The third-order valence-corrected chi connectivity index (χ3v) is 9.79. The lowest BCUT2D eigenvalue weighted by molar-refractivity contribution is -0.179. The molecule has 0 saturated heterocycles. The SMILES string of the molecule is C=C[C@]1(OC(C)=O)CC[C@H]2[C@@H]3CC[C@H]4C[C@H](OC(C)=O)CC[C@]4(C)[C@H]3CC[C@@]21C. The second-order valence-electron chi connectivity index (χ2n) is 10.8. The highest BCUT2D eigenvalue weighted by Crippen LogP contribution is 2.69. The minimum atomic E-state index is -0.501.